The number of hydrogen-bond acceptors (Lipinski definition) is 3. The lowest BCUT2D eigenvalue weighted by atomic mass is 9.92. The van der Waals surface area contributed by atoms with Crippen molar-refractivity contribution >= 4 is 31.6 Å². The van der Waals surface area contributed by atoms with E-state index in [4.69, 9.17) is 0 Å². The highest BCUT2D eigenvalue weighted by molar-refractivity contribution is 7.92. The first-order valence-electron chi connectivity index (χ1n) is 9.58. The van der Waals surface area contributed by atoms with Crippen LogP contribution in [0.25, 0.3) is 10.8 Å². The number of alkyl halides is 1. The molecule has 0 aromatic heterocycles. The van der Waals surface area contributed by atoms with Crippen LogP contribution in [-0.4, -0.2) is 22.9 Å². The molecule has 160 valence electrons. The van der Waals surface area contributed by atoms with Crippen LogP contribution in [0.15, 0.2) is 77.7 Å². The topological polar surface area (TPSA) is 63.2 Å². The Bertz CT molecular complexity index is 1170. The van der Waals surface area contributed by atoms with Crippen LogP contribution in [-0.2, 0) is 26.4 Å². The number of benzene rings is 3. The number of sulfone groups is 1. The summed E-state index contributed by atoms with van der Waals surface area (Å²) in [7, 11) is -6.06. The van der Waals surface area contributed by atoms with Crippen molar-refractivity contribution in [2.75, 3.05) is 0 Å². The highest BCUT2D eigenvalue weighted by atomic mass is 32.2. The molecule has 0 saturated heterocycles. The average molecular weight is 448 g/mol. The second-order valence-electron chi connectivity index (χ2n) is 8.42. The molecule has 3 aromatic rings. The van der Waals surface area contributed by atoms with Gasteiger partial charge in [0, 0.05) is 0 Å². The van der Waals surface area contributed by atoms with E-state index in [0.29, 0.717) is 5.56 Å². The summed E-state index contributed by atoms with van der Waals surface area (Å²) >= 11 is 0. The molecule has 4 nitrogen and oxygen atoms in total. The van der Waals surface area contributed by atoms with E-state index >= 15 is 4.39 Å². The van der Waals surface area contributed by atoms with E-state index in [1.165, 1.54) is 19.1 Å². The van der Waals surface area contributed by atoms with Crippen LogP contribution in [0.4, 0.5) is 4.39 Å². The van der Waals surface area contributed by atoms with Crippen molar-refractivity contribution in [1.29, 1.82) is 0 Å². The largest absolute Gasteiger partial charge is 0.242 e. The number of fused-ring (bicyclic) bond motifs is 1. The predicted molar refractivity (Wildman–Crippen MR) is 121 cm³/mol. The Kier molecular flexibility index (Phi) is 6.18. The van der Waals surface area contributed by atoms with Crippen molar-refractivity contribution in [3.63, 3.8) is 0 Å². The Balaban J connectivity index is 2.17. The SMILES string of the molecule is CC(C)(C)S(=O)N[C@](C)(c1ccc2ccccc2c1)[C@@H](F)S(=O)(=O)c1ccccc1. The summed E-state index contributed by atoms with van der Waals surface area (Å²) in [4.78, 5) is -0.118. The zero-order valence-corrected chi connectivity index (χ0v) is 19.1. The van der Waals surface area contributed by atoms with E-state index < -0.39 is 36.6 Å². The minimum Gasteiger partial charge on any atom is -0.242 e. The Hall–Kier alpha value is -2.09. The molecule has 3 aromatic carbocycles. The van der Waals surface area contributed by atoms with E-state index in [0.717, 1.165) is 10.8 Å². The third-order valence-electron chi connectivity index (χ3n) is 5.01. The molecular weight excluding hydrogens is 421 g/mol. The normalized spacial score (nSPS) is 16.7. The minimum atomic E-state index is -4.35. The summed E-state index contributed by atoms with van der Waals surface area (Å²) in [5, 5.41) is 1.79. The fourth-order valence-corrected chi connectivity index (χ4v) is 5.71. The van der Waals surface area contributed by atoms with Crippen LogP contribution in [0.5, 0.6) is 0 Å². The third kappa shape index (κ3) is 4.33. The molecule has 30 heavy (non-hydrogen) atoms. The lowest BCUT2D eigenvalue weighted by molar-refractivity contribution is 0.262. The highest BCUT2D eigenvalue weighted by Gasteiger charge is 2.47. The predicted octanol–water partition coefficient (Wildman–Crippen LogP) is 4.88. The molecule has 1 unspecified atom stereocenters. The van der Waals surface area contributed by atoms with Crippen molar-refractivity contribution in [2.45, 2.75) is 48.4 Å². The first kappa shape index (κ1) is 22.6. The molecule has 0 spiro atoms. The summed E-state index contributed by atoms with van der Waals surface area (Å²) < 4.78 is 57.2. The van der Waals surface area contributed by atoms with Crippen LogP contribution in [0.3, 0.4) is 0 Å². The van der Waals surface area contributed by atoms with Gasteiger partial charge in [0.1, 0.15) is 0 Å². The second-order valence-corrected chi connectivity index (χ2v) is 12.4. The van der Waals surface area contributed by atoms with Gasteiger partial charge in [0.15, 0.2) is 0 Å². The van der Waals surface area contributed by atoms with E-state index in [-0.39, 0.29) is 4.90 Å². The van der Waals surface area contributed by atoms with Crippen molar-refractivity contribution in [1.82, 2.24) is 4.72 Å². The molecule has 7 heteroatoms. The van der Waals surface area contributed by atoms with Crippen LogP contribution < -0.4 is 4.72 Å². The molecule has 0 saturated carbocycles. The van der Waals surface area contributed by atoms with Gasteiger partial charge in [-0.15, -0.1) is 0 Å². The Labute approximate surface area is 180 Å². The third-order valence-corrected chi connectivity index (χ3v) is 8.68. The van der Waals surface area contributed by atoms with Crippen LogP contribution in [0.1, 0.15) is 33.3 Å². The Morgan fingerprint density at radius 2 is 1.43 bits per heavy atom. The first-order chi connectivity index (χ1) is 14.0. The maximum Gasteiger partial charge on any atom is 0.227 e. The zero-order chi connectivity index (χ0) is 22.2. The van der Waals surface area contributed by atoms with Gasteiger partial charge in [-0.1, -0.05) is 54.6 Å². The molecular formula is C23H26FNO3S2. The summed E-state index contributed by atoms with van der Waals surface area (Å²) in [6.45, 7) is 6.69. The van der Waals surface area contributed by atoms with Gasteiger partial charge < -0.3 is 0 Å². The van der Waals surface area contributed by atoms with Crippen molar-refractivity contribution < 1.29 is 17.0 Å². The van der Waals surface area contributed by atoms with Gasteiger partial charge in [-0.25, -0.2) is 21.7 Å². The standard InChI is InChI=1S/C23H26FNO3S2/c1-22(2,3)29(26)25-23(4,19-15-14-17-10-8-9-11-18(17)16-19)21(24)30(27,28)20-12-6-5-7-13-20/h5-16,21,25H,1-4H3/t21-,23+,29?/m0/s1. The molecule has 1 N–H and O–H groups in total. The van der Waals surface area contributed by atoms with Crippen molar-refractivity contribution in [3.8, 4) is 0 Å². The highest BCUT2D eigenvalue weighted by Crippen LogP contribution is 2.36. The molecule has 0 heterocycles. The maximum absolute atomic E-state index is 16.0. The van der Waals surface area contributed by atoms with Gasteiger partial charge >= 0.3 is 0 Å². The molecule has 0 amide bonds. The smallest absolute Gasteiger partial charge is 0.227 e. The fraction of sp³-hybridized carbons (Fsp3) is 0.304. The Morgan fingerprint density at radius 1 is 0.867 bits per heavy atom. The van der Waals surface area contributed by atoms with Gasteiger partial charge in [-0.3, -0.25) is 0 Å². The van der Waals surface area contributed by atoms with Gasteiger partial charge in [0.05, 0.1) is 26.2 Å². The second kappa shape index (κ2) is 8.21. The summed E-state index contributed by atoms with van der Waals surface area (Å²) in [5.41, 5.74) is -3.69. The van der Waals surface area contributed by atoms with Crippen LogP contribution in [0, 0.1) is 0 Å². The molecule has 0 aliphatic carbocycles. The molecule has 0 radical (unpaired) electrons. The number of hydrogen-bond donors (Lipinski definition) is 1. The maximum atomic E-state index is 16.0. The summed E-state index contributed by atoms with van der Waals surface area (Å²) in [6, 6.07) is 20.3. The van der Waals surface area contributed by atoms with Gasteiger partial charge in [0.25, 0.3) is 0 Å². The van der Waals surface area contributed by atoms with Gasteiger partial charge in [0.2, 0.25) is 15.3 Å². The van der Waals surface area contributed by atoms with E-state index in [2.05, 4.69) is 4.72 Å². The van der Waals surface area contributed by atoms with Gasteiger partial charge in [-0.05, 0) is 62.2 Å². The molecule has 0 bridgehead atoms. The molecule has 3 rings (SSSR count). The van der Waals surface area contributed by atoms with E-state index in [1.54, 1.807) is 51.1 Å². The minimum absolute atomic E-state index is 0.118. The Morgan fingerprint density at radius 3 is 2.03 bits per heavy atom. The average Bonchev–Trinajstić information content (AvgIpc) is 2.72. The van der Waals surface area contributed by atoms with Crippen LogP contribution in [0.2, 0.25) is 0 Å². The lowest BCUT2D eigenvalue weighted by Gasteiger charge is -2.36. The molecule has 0 fully saturated rings. The monoisotopic (exact) mass is 447 g/mol. The van der Waals surface area contributed by atoms with Crippen LogP contribution >= 0.6 is 0 Å². The fourth-order valence-electron chi connectivity index (χ4n) is 3.13. The quantitative estimate of drug-likeness (QED) is 0.586. The number of rotatable bonds is 6. The zero-order valence-electron chi connectivity index (χ0n) is 17.4. The van der Waals surface area contributed by atoms with Crippen molar-refractivity contribution in [2.24, 2.45) is 0 Å². The summed E-state index contributed by atoms with van der Waals surface area (Å²) in [6.07, 6.45) is 0. The molecule has 0 aliphatic rings. The lowest BCUT2D eigenvalue weighted by Crippen LogP contribution is -2.54. The summed E-state index contributed by atoms with van der Waals surface area (Å²) in [5.74, 6) is 0. The van der Waals surface area contributed by atoms with Gasteiger partial charge in [-0.2, -0.15) is 0 Å². The van der Waals surface area contributed by atoms with Crippen molar-refractivity contribution in [3.05, 3.63) is 78.4 Å². The number of halogens is 1. The first-order valence-corrected chi connectivity index (χ1v) is 12.3. The van der Waals surface area contributed by atoms with E-state index in [1.807, 2.05) is 30.3 Å². The molecule has 3 atom stereocenters. The van der Waals surface area contributed by atoms with E-state index in [9.17, 15) is 12.6 Å². The molecule has 0 aliphatic heterocycles. The number of nitrogens with one attached hydrogen (secondary N) is 1.